The molecule has 1 saturated carbocycles. The van der Waals surface area contributed by atoms with Crippen molar-refractivity contribution in [2.45, 2.75) is 24.8 Å². The van der Waals surface area contributed by atoms with E-state index in [4.69, 9.17) is 23.8 Å². The van der Waals surface area contributed by atoms with Crippen LogP contribution < -0.4 is 10.6 Å². The van der Waals surface area contributed by atoms with Crippen molar-refractivity contribution in [1.29, 1.82) is 0 Å². The molecule has 0 saturated heterocycles. The zero-order chi connectivity index (χ0) is 17.2. The lowest BCUT2D eigenvalue weighted by atomic mass is 9.91. The summed E-state index contributed by atoms with van der Waals surface area (Å²) in [6.45, 7) is 0.699. The van der Waals surface area contributed by atoms with Gasteiger partial charge in [0, 0.05) is 40.6 Å². The van der Waals surface area contributed by atoms with Crippen molar-refractivity contribution in [2.24, 2.45) is 0 Å². The summed E-state index contributed by atoms with van der Waals surface area (Å²) >= 11 is 11.9. The molecule has 0 aliphatic heterocycles. The maximum Gasteiger partial charge on any atom is 0.166 e. The van der Waals surface area contributed by atoms with Gasteiger partial charge in [0.2, 0.25) is 0 Å². The van der Waals surface area contributed by atoms with Gasteiger partial charge < -0.3 is 15.6 Å². The van der Waals surface area contributed by atoms with Crippen LogP contribution in [-0.2, 0) is 0 Å². The molecule has 1 unspecified atom stereocenters. The Labute approximate surface area is 157 Å². The van der Waals surface area contributed by atoms with Crippen LogP contribution >= 0.6 is 23.8 Å². The number of hydrogen-bond donors (Lipinski definition) is 3. The van der Waals surface area contributed by atoms with Gasteiger partial charge in [0.1, 0.15) is 0 Å². The first-order valence-electron chi connectivity index (χ1n) is 8.57. The predicted molar refractivity (Wildman–Crippen MR) is 108 cm³/mol. The number of para-hydroxylation sites is 1. The second kappa shape index (κ2) is 7.06. The summed E-state index contributed by atoms with van der Waals surface area (Å²) in [6.07, 6.45) is 4.49. The van der Waals surface area contributed by atoms with E-state index in [9.17, 15) is 0 Å². The summed E-state index contributed by atoms with van der Waals surface area (Å²) in [5, 5.41) is 9.44. The SMILES string of the molecule is S=C(NCC(c1ccccc1Cl)c1c[nH]c2ccccc12)NC1CC1. The van der Waals surface area contributed by atoms with Crippen LogP contribution in [0.2, 0.25) is 5.02 Å². The first kappa shape index (κ1) is 16.4. The molecule has 1 atom stereocenters. The molecule has 25 heavy (non-hydrogen) atoms. The molecular formula is C20H20ClN3S. The van der Waals surface area contributed by atoms with Gasteiger partial charge in [-0.1, -0.05) is 48.0 Å². The molecule has 0 spiro atoms. The second-order valence-electron chi connectivity index (χ2n) is 6.49. The van der Waals surface area contributed by atoms with Crippen LogP contribution in [0.5, 0.6) is 0 Å². The molecule has 2 aromatic carbocycles. The van der Waals surface area contributed by atoms with Crippen LogP contribution in [0.25, 0.3) is 10.9 Å². The molecule has 3 aromatic rings. The second-order valence-corrected chi connectivity index (χ2v) is 7.31. The number of benzene rings is 2. The minimum atomic E-state index is 0.115. The summed E-state index contributed by atoms with van der Waals surface area (Å²) in [5.74, 6) is 0.115. The number of aromatic nitrogens is 1. The maximum absolute atomic E-state index is 6.51. The Morgan fingerprint density at radius 1 is 1.12 bits per heavy atom. The zero-order valence-corrected chi connectivity index (χ0v) is 15.3. The van der Waals surface area contributed by atoms with Gasteiger partial charge in [-0.2, -0.15) is 0 Å². The molecule has 1 aliphatic rings. The van der Waals surface area contributed by atoms with E-state index in [1.807, 2.05) is 24.3 Å². The largest absolute Gasteiger partial charge is 0.362 e. The third kappa shape index (κ3) is 3.65. The van der Waals surface area contributed by atoms with Crippen LogP contribution in [0.4, 0.5) is 0 Å². The molecule has 1 aromatic heterocycles. The fraction of sp³-hybridized carbons (Fsp3) is 0.250. The van der Waals surface area contributed by atoms with Crippen molar-refractivity contribution < 1.29 is 0 Å². The smallest absolute Gasteiger partial charge is 0.166 e. The number of fused-ring (bicyclic) bond motifs is 1. The van der Waals surface area contributed by atoms with Crippen molar-refractivity contribution in [2.75, 3.05) is 6.54 Å². The van der Waals surface area contributed by atoms with Gasteiger partial charge in [0.05, 0.1) is 0 Å². The van der Waals surface area contributed by atoms with E-state index in [2.05, 4.69) is 46.1 Å². The predicted octanol–water partition coefficient (Wildman–Crippen LogP) is 4.58. The normalized spacial score (nSPS) is 15.1. The van der Waals surface area contributed by atoms with E-state index in [1.54, 1.807) is 0 Å². The van der Waals surface area contributed by atoms with Crippen LogP contribution in [0, 0.1) is 0 Å². The Morgan fingerprint density at radius 3 is 2.68 bits per heavy atom. The van der Waals surface area contributed by atoms with Crippen LogP contribution in [0.15, 0.2) is 54.7 Å². The lowest BCUT2D eigenvalue weighted by Gasteiger charge is -2.20. The lowest BCUT2D eigenvalue weighted by Crippen LogP contribution is -2.38. The third-order valence-electron chi connectivity index (χ3n) is 4.66. The summed E-state index contributed by atoms with van der Waals surface area (Å²) in [4.78, 5) is 3.37. The standard InChI is InChI=1S/C20H20ClN3S/c21-18-7-3-1-5-14(18)16(12-23-20(25)24-13-9-10-13)17-11-22-19-8-4-2-6-15(17)19/h1-8,11,13,16,22H,9-10,12H2,(H2,23,24,25). The van der Waals surface area contributed by atoms with Gasteiger partial charge in [-0.25, -0.2) is 0 Å². The Hall–Kier alpha value is -2.04. The van der Waals surface area contributed by atoms with Crippen molar-refractivity contribution in [3.8, 4) is 0 Å². The Balaban J connectivity index is 1.65. The quantitative estimate of drug-likeness (QED) is 0.576. The van der Waals surface area contributed by atoms with Crippen molar-refractivity contribution in [3.63, 3.8) is 0 Å². The minimum absolute atomic E-state index is 0.115. The number of aromatic amines is 1. The van der Waals surface area contributed by atoms with Gasteiger partial charge in [-0.3, -0.25) is 0 Å². The molecule has 128 valence electrons. The van der Waals surface area contributed by atoms with E-state index >= 15 is 0 Å². The van der Waals surface area contributed by atoms with E-state index < -0.39 is 0 Å². The highest BCUT2D eigenvalue weighted by molar-refractivity contribution is 7.80. The first-order valence-corrected chi connectivity index (χ1v) is 9.36. The molecule has 5 heteroatoms. The molecule has 3 nitrogen and oxygen atoms in total. The van der Waals surface area contributed by atoms with Crippen LogP contribution in [-0.4, -0.2) is 22.7 Å². The monoisotopic (exact) mass is 369 g/mol. The molecule has 1 heterocycles. The maximum atomic E-state index is 6.51. The third-order valence-corrected chi connectivity index (χ3v) is 5.26. The molecule has 0 radical (unpaired) electrons. The van der Waals surface area contributed by atoms with Crippen LogP contribution in [0.1, 0.15) is 29.9 Å². The highest BCUT2D eigenvalue weighted by atomic mass is 35.5. The molecule has 4 rings (SSSR count). The van der Waals surface area contributed by atoms with Crippen LogP contribution in [0.3, 0.4) is 0 Å². The fourth-order valence-corrected chi connectivity index (χ4v) is 3.70. The molecule has 1 aliphatic carbocycles. The highest BCUT2D eigenvalue weighted by Crippen LogP contribution is 2.34. The van der Waals surface area contributed by atoms with Gasteiger partial charge in [-0.05, 0) is 48.3 Å². The average molecular weight is 370 g/mol. The molecule has 0 amide bonds. The van der Waals surface area contributed by atoms with Crippen molar-refractivity contribution in [3.05, 3.63) is 70.9 Å². The first-order chi connectivity index (χ1) is 12.2. The van der Waals surface area contributed by atoms with Gasteiger partial charge >= 0.3 is 0 Å². The zero-order valence-electron chi connectivity index (χ0n) is 13.8. The Kier molecular flexibility index (Phi) is 4.64. The van der Waals surface area contributed by atoms with Crippen molar-refractivity contribution >= 4 is 39.8 Å². The average Bonchev–Trinajstić information content (AvgIpc) is 3.33. The number of thiocarbonyl (C=S) groups is 1. The summed E-state index contributed by atoms with van der Waals surface area (Å²) < 4.78 is 0. The number of hydrogen-bond acceptors (Lipinski definition) is 1. The lowest BCUT2D eigenvalue weighted by molar-refractivity contribution is 0.742. The summed E-state index contributed by atoms with van der Waals surface area (Å²) in [6, 6.07) is 16.9. The molecule has 1 fully saturated rings. The number of halogens is 1. The van der Waals surface area contributed by atoms with E-state index in [1.165, 1.54) is 23.8 Å². The van der Waals surface area contributed by atoms with E-state index in [0.717, 1.165) is 21.2 Å². The minimum Gasteiger partial charge on any atom is -0.362 e. The van der Waals surface area contributed by atoms with Gasteiger partial charge in [0.15, 0.2) is 5.11 Å². The molecular weight excluding hydrogens is 350 g/mol. The van der Waals surface area contributed by atoms with Gasteiger partial charge in [0.25, 0.3) is 0 Å². The Morgan fingerprint density at radius 2 is 1.88 bits per heavy atom. The highest BCUT2D eigenvalue weighted by Gasteiger charge is 2.23. The molecule has 3 N–H and O–H groups in total. The van der Waals surface area contributed by atoms with Crippen molar-refractivity contribution in [1.82, 2.24) is 15.6 Å². The topological polar surface area (TPSA) is 39.9 Å². The van der Waals surface area contributed by atoms with E-state index in [0.29, 0.717) is 12.6 Å². The number of nitrogens with one attached hydrogen (secondary N) is 3. The summed E-state index contributed by atoms with van der Waals surface area (Å²) in [7, 11) is 0. The van der Waals surface area contributed by atoms with E-state index in [-0.39, 0.29) is 5.92 Å². The molecule has 0 bridgehead atoms. The number of H-pyrrole nitrogens is 1. The number of rotatable bonds is 5. The Bertz CT molecular complexity index is 901. The van der Waals surface area contributed by atoms with Gasteiger partial charge in [-0.15, -0.1) is 0 Å². The summed E-state index contributed by atoms with van der Waals surface area (Å²) in [5.41, 5.74) is 3.47. The fourth-order valence-electron chi connectivity index (χ4n) is 3.19.